The molecule has 1 N–H and O–H groups in total. The molecule has 2 aromatic rings. The molecule has 0 bridgehead atoms. The van der Waals surface area contributed by atoms with Crippen molar-refractivity contribution in [3.8, 4) is 0 Å². The van der Waals surface area contributed by atoms with E-state index in [2.05, 4.69) is 43.5 Å². The lowest BCUT2D eigenvalue weighted by Gasteiger charge is -2.24. The van der Waals surface area contributed by atoms with Gasteiger partial charge in [-0.1, -0.05) is 23.8 Å². The molecule has 1 aromatic carbocycles. The zero-order valence-corrected chi connectivity index (χ0v) is 11.0. The Kier molecular flexibility index (Phi) is 2.39. The van der Waals surface area contributed by atoms with Gasteiger partial charge in [0.05, 0.1) is 0 Å². The van der Waals surface area contributed by atoms with E-state index in [4.69, 9.17) is 0 Å². The number of thiophene rings is 1. The molecule has 1 unspecified atom stereocenters. The molecule has 1 atom stereocenters. The molecule has 0 radical (unpaired) electrons. The largest absolute Gasteiger partial charge is 0.380 e. The second-order valence-corrected chi connectivity index (χ2v) is 6.03. The van der Waals surface area contributed by atoms with Gasteiger partial charge in [0.15, 0.2) is 0 Å². The molecule has 0 saturated heterocycles. The standard InChI is InChI=1S/C15H16OS/c1-10-3-4-12-5-7-15(16,14(12)9-10)13-6-8-17-11(13)2/h3-4,6,8-9,16H,5,7H2,1-2H3. The van der Waals surface area contributed by atoms with E-state index < -0.39 is 5.60 Å². The van der Waals surface area contributed by atoms with Gasteiger partial charge in [0, 0.05) is 10.4 Å². The molecule has 1 nitrogen and oxygen atoms in total. The first kappa shape index (κ1) is 11.0. The molecule has 17 heavy (non-hydrogen) atoms. The highest BCUT2D eigenvalue weighted by Gasteiger charge is 2.39. The van der Waals surface area contributed by atoms with Crippen LogP contribution in [0.25, 0.3) is 0 Å². The number of hydrogen-bond donors (Lipinski definition) is 1. The quantitative estimate of drug-likeness (QED) is 0.813. The first-order valence-corrected chi connectivity index (χ1v) is 6.86. The van der Waals surface area contributed by atoms with Crippen LogP contribution in [0.1, 0.15) is 33.6 Å². The lowest BCUT2D eigenvalue weighted by atomic mass is 9.88. The van der Waals surface area contributed by atoms with Crippen LogP contribution in [0.4, 0.5) is 0 Å². The second kappa shape index (κ2) is 3.69. The van der Waals surface area contributed by atoms with Gasteiger partial charge >= 0.3 is 0 Å². The van der Waals surface area contributed by atoms with Crippen LogP contribution >= 0.6 is 11.3 Å². The number of aliphatic hydroxyl groups is 1. The van der Waals surface area contributed by atoms with E-state index in [0.29, 0.717) is 0 Å². The summed E-state index contributed by atoms with van der Waals surface area (Å²) in [4.78, 5) is 1.22. The molecule has 0 amide bonds. The van der Waals surface area contributed by atoms with Crippen molar-refractivity contribution in [3.63, 3.8) is 0 Å². The highest BCUT2D eigenvalue weighted by atomic mass is 32.1. The summed E-state index contributed by atoms with van der Waals surface area (Å²) >= 11 is 1.71. The first-order valence-electron chi connectivity index (χ1n) is 5.98. The summed E-state index contributed by atoms with van der Waals surface area (Å²) in [5.74, 6) is 0. The molecule has 1 aliphatic carbocycles. The number of benzene rings is 1. The first-order chi connectivity index (χ1) is 8.11. The monoisotopic (exact) mass is 244 g/mol. The van der Waals surface area contributed by atoms with Gasteiger partial charge in [0.2, 0.25) is 0 Å². The summed E-state index contributed by atoms with van der Waals surface area (Å²) in [5.41, 5.74) is 3.96. The summed E-state index contributed by atoms with van der Waals surface area (Å²) in [6, 6.07) is 8.49. The third-order valence-electron chi connectivity index (χ3n) is 3.77. The number of hydrogen-bond acceptors (Lipinski definition) is 2. The van der Waals surface area contributed by atoms with Crippen molar-refractivity contribution in [2.45, 2.75) is 32.3 Å². The van der Waals surface area contributed by atoms with E-state index in [1.807, 2.05) is 0 Å². The SMILES string of the molecule is Cc1ccc2c(c1)C(O)(c1ccsc1C)CC2. The Balaban J connectivity index is 2.20. The van der Waals surface area contributed by atoms with Crippen molar-refractivity contribution in [1.82, 2.24) is 0 Å². The van der Waals surface area contributed by atoms with Crippen LogP contribution in [0.2, 0.25) is 0 Å². The molecule has 0 aliphatic heterocycles. The van der Waals surface area contributed by atoms with E-state index in [1.165, 1.54) is 16.0 Å². The fourth-order valence-electron chi connectivity index (χ4n) is 2.84. The molecule has 0 saturated carbocycles. The topological polar surface area (TPSA) is 20.2 Å². The Morgan fingerprint density at radius 3 is 2.71 bits per heavy atom. The van der Waals surface area contributed by atoms with Crippen LogP contribution in [-0.4, -0.2) is 5.11 Å². The lowest BCUT2D eigenvalue weighted by molar-refractivity contribution is 0.0828. The van der Waals surface area contributed by atoms with E-state index in [-0.39, 0.29) is 0 Å². The molecule has 1 heterocycles. The van der Waals surface area contributed by atoms with E-state index in [0.717, 1.165) is 24.0 Å². The molecule has 0 fully saturated rings. The number of aryl methyl sites for hydroxylation is 3. The number of fused-ring (bicyclic) bond motifs is 1. The molecule has 1 aliphatic rings. The molecular formula is C15H16OS. The van der Waals surface area contributed by atoms with Gasteiger partial charge in [-0.15, -0.1) is 11.3 Å². The lowest BCUT2D eigenvalue weighted by Crippen LogP contribution is -2.24. The minimum Gasteiger partial charge on any atom is -0.380 e. The predicted molar refractivity (Wildman–Crippen MR) is 71.6 cm³/mol. The van der Waals surface area contributed by atoms with Gasteiger partial charge in [-0.05, 0) is 49.3 Å². The van der Waals surface area contributed by atoms with Crippen LogP contribution in [0.15, 0.2) is 29.6 Å². The third-order valence-corrected chi connectivity index (χ3v) is 4.62. The normalized spacial score (nSPS) is 22.8. The van der Waals surface area contributed by atoms with E-state index >= 15 is 0 Å². The van der Waals surface area contributed by atoms with Gasteiger partial charge in [-0.2, -0.15) is 0 Å². The fraction of sp³-hybridized carbons (Fsp3) is 0.333. The Bertz CT molecular complexity index is 570. The highest BCUT2D eigenvalue weighted by molar-refractivity contribution is 7.10. The average Bonchev–Trinajstić information content (AvgIpc) is 2.85. The van der Waals surface area contributed by atoms with Crippen molar-refractivity contribution in [1.29, 1.82) is 0 Å². The van der Waals surface area contributed by atoms with Gasteiger partial charge in [0.1, 0.15) is 5.60 Å². The summed E-state index contributed by atoms with van der Waals surface area (Å²) < 4.78 is 0. The molecule has 1 aromatic heterocycles. The third kappa shape index (κ3) is 1.55. The van der Waals surface area contributed by atoms with Crippen LogP contribution in [0, 0.1) is 13.8 Å². The molecular weight excluding hydrogens is 228 g/mol. The maximum absolute atomic E-state index is 11.0. The smallest absolute Gasteiger partial charge is 0.116 e. The average molecular weight is 244 g/mol. The van der Waals surface area contributed by atoms with E-state index in [9.17, 15) is 5.11 Å². The summed E-state index contributed by atoms with van der Waals surface area (Å²) in [6.45, 7) is 4.17. The molecule has 0 spiro atoms. The zero-order valence-electron chi connectivity index (χ0n) is 10.2. The predicted octanol–water partition coefficient (Wildman–Crippen LogP) is 3.55. The minimum atomic E-state index is -0.758. The Morgan fingerprint density at radius 2 is 2.00 bits per heavy atom. The van der Waals surface area contributed by atoms with Crippen LogP contribution in [0.5, 0.6) is 0 Å². The fourth-order valence-corrected chi connectivity index (χ4v) is 3.61. The van der Waals surface area contributed by atoms with Gasteiger partial charge in [0.25, 0.3) is 0 Å². The van der Waals surface area contributed by atoms with Crippen molar-refractivity contribution >= 4 is 11.3 Å². The Labute approximate surface area is 106 Å². The summed E-state index contributed by atoms with van der Waals surface area (Å²) in [7, 11) is 0. The van der Waals surface area contributed by atoms with Gasteiger partial charge < -0.3 is 5.11 Å². The highest BCUT2D eigenvalue weighted by Crippen LogP contribution is 2.44. The second-order valence-electron chi connectivity index (χ2n) is 4.91. The van der Waals surface area contributed by atoms with Crippen molar-refractivity contribution in [3.05, 3.63) is 56.8 Å². The Hall–Kier alpha value is -1.12. The van der Waals surface area contributed by atoms with Crippen molar-refractivity contribution in [2.24, 2.45) is 0 Å². The van der Waals surface area contributed by atoms with Gasteiger partial charge in [-0.25, -0.2) is 0 Å². The van der Waals surface area contributed by atoms with Crippen LogP contribution in [-0.2, 0) is 12.0 Å². The zero-order chi connectivity index (χ0) is 12.0. The number of rotatable bonds is 1. The summed E-state index contributed by atoms with van der Waals surface area (Å²) in [6.07, 6.45) is 1.78. The molecule has 2 heteroatoms. The van der Waals surface area contributed by atoms with E-state index in [1.54, 1.807) is 11.3 Å². The van der Waals surface area contributed by atoms with Crippen molar-refractivity contribution < 1.29 is 5.11 Å². The molecule has 88 valence electrons. The maximum atomic E-state index is 11.0. The summed E-state index contributed by atoms with van der Waals surface area (Å²) in [5, 5.41) is 13.1. The van der Waals surface area contributed by atoms with Crippen LogP contribution < -0.4 is 0 Å². The maximum Gasteiger partial charge on any atom is 0.116 e. The van der Waals surface area contributed by atoms with Gasteiger partial charge in [-0.3, -0.25) is 0 Å². The Morgan fingerprint density at radius 1 is 1.18 bits per heavy atom. The molecule has 3 rings (SSSR count). The van der Waals surface area contributed by atoms with Crippen LogP contribution in [0.3, 0.4) is 0 Å². The van der Waals surface area contributed by atoms with Crippen molar-refractivity contribution in [2.75, 3.05) is 0 Å². The minimum absolute atomic E-state index is 0.758.